The molecule has 0 spiro atoms. The fraction of sp³-hybridized carbons (Fsp3) is 1.00. The van der Waals surface area contributed by atoms with Crippen LogP contribution in [-0.4, -0.2) is 23.9 Å². The van der Waals surface area contributed by atoms with Gasteiger partial charge in [0, 0.05) is 12.5 Å². The van der Waals surface area contributed by atoms with Crippen molar-refractivity contribution in [3.63, 3.8) is 0 Å². The maximum absolute atomic E-state index is 9.92. The Kier molecular flexibility index (Phi) is 2.55. The predicted molar refractivity (Wildman–Crippen MR) is 44.4 cm³/mol. The Bertz CT molecular complexity index is 130. The lowest BCUT2D eigenvalue weighted by Crippen LogP contribution is -2.45. The van der Waals surface area contributed by atoms with Crippen LogP contribution in [0.5, 0.6) is 0 Å². The zero-order valence-corrected chi connectivity index (χ0v) is 7.63. The maximum Gasteiger partial charge on any atom is 0.0694 e. The molecule has 0 aromatic carbocycles. The van der Waals surface area contributed by atoms with Gasteiger partial charge >= 0.3 is 0 Å². The molecule has 1 heterocycles. The average Bonchev–Trinajstić information content (AvgIpc) is 1.85. The third-order valence-corrected chi connectivity index (χ3v) is 2.65. The van der Waals surface area contributed by atoms with Gasteiger partial charge in [-0.15, -0.1) is 0 Å². The molecular formula is C9H18O2. The summed E-state index contributed by atoms with van der Waals surface area (Å²) in [4.78, 5) is 0. The second kappa shape index (κ2) is 3.11. The van der Waals surface area contributed by atoms with E-state index in [1.807, 2.05) is 6.92 Å². The van der Waals surface area contributed by atoms with Crippen LogP contribution in [0.15, 0.2) is 0 Å². The smallest absolute Gasteiger partial charge is 0.0694 e. The van der Waals surface area contributed by atoms with Gasteiger partial charge in [0.2, 0.25) is 0 Å². The Labute approximate surface area is 68.6 Å². The summed E-state index contributed by atoms with van der Waals surface area (Å²) in [6, 6.07) is 0. The van der Waals surface area contributed by atoms with Crippen molar-refractivity contribution in [2.24, 2.45) is 11.8 Å². The normalized spacial score (nSPS) is 39.5. The van der Waals surface area contributed by atoms with Gasteiger partial charge < -0.3 is 9.84 Å². The highest BCUT2D eigenvalue weighted by atomic mass is 16.5. The first kappa shape index (κ1) is 9.01. The highest BCUT2D eigenvalue weighted by Crippen LogP contribution is 2.31. The van der Waals surface area contributed by atoms with Crippen molar-refractivity contribution in [3.05, 3.63) is 0 Å². The monoisotopic (exact) mass is 158 g/mol. The van der Waals surface area contributed by atoms with Crippen molar-refractivity contribution in [2.75, 3.05) is 13.2 Å². The van der Waals surface area contributed by atoms with Gasteiger partial charge in [-0.05, 0) is 19.3 Å². The minimum absolute atomic E-state index is 0.302. The van der Waals surface area contributed by atoms with E-state index in [1.165, 1.54) is 0 Å². The van der Waals surface area contributed by atoms with Gasteiger partial charge in [-0.1, -0.05) is 13.8 Å². The SMILES string of the molecule is CC(C)[C@@H]1COCC[C@@]1(C)O. The van der Waals surface area contributed by atoms with Crippen molar-refractivity contribution in [1.82, 2.24) is 0 Å². The van der Waals surface area contributed by atoms with Crippen molar-refractivity contribution in [3.8, 4) is 0 Å². The molecule has 1 aliphatic rings. The van der Waals surface area contributed by atoms with Crippen molar-refractivity contribution < 1.29 is 9.84 Å². The number of aliphatic hydroxyl groups is 1. The van der Waals surface area contributed by atoms with Crippen LogP contribution < -0.4 is 0 Å². The van der Waals surface area contributed by atoms with E-state index in [0.29, 0.717) is 25.0 Å². The van der Waals surface area contributed by atoms with Gasteiger partial charge in [-0.2, -0.15) is 0 Å². The largest absolute Gasteiger partial charge is 0.390 e. The van der Waals surface area contributed by atoms with Crippen LogP contribution in [0.3, 0.4) is 0 Å². The van der Waals surface area contributed by atoms with Gasteiger partial charge in [0.1, 0.15) is 0 Å². The molecule has 1 saturated heterocycles. The molecule has 0 amide bonds. The first-order chi connectivity index (χ1) is 5.04. The van der Waals surface area contributed by atoms with Crippen molar-refractivity contribution in [1.29, 1.82) is 0 Å². The van der Waals surface area contributed by atoms with E-state index in [-0.39, 0.29) is 0 Å². The third kappa shape index (κ3) is 1.94. The molecule has 11 heavy (non-hydrogen) atoms. The van der Waals surface area contributed by atoms with E-state index in [9.17, 15) is 5.11 Å². The van der Waals surface area contributed by atoms with E-state index in [0.717, 1.165) is 6.42 Å². The second-order valence-electron chi connectivity index (χ2n) is 4.03. The molecule has 0 aromatic rings. The molecule has 0 unspecified atom stereocenters. The Morgan fingerprint density at radius 1 is 1.55 bits per heavy atom. The zero-order valence-electron chi connectivity index (χ0n) is 7.63. The molecule has 1 rings (SSSR count). The Morgan fingerprint density at radius 3 is 2.55 bits per heavy atom. The molecule has 0 saturated carbocycles. The summed E-state index contributed by atoms with van der Waals surface area (Å²) in [7, 11) is 0. The zero-order chi connectivity index (χ0) is 8.48. The molecule has 1 fully saturated rings. The van der Waals surface area contributed by atoms with Crippen LogP contribution in [0.1, 0.15) is 27.2 Å². The fourth-order valence-corrected chi connectivity index (χ4v) is 1.76. The van der Waals surface area contributed by atoms with Crippen molar-refractivity contribution in [2.45, 2.75) is 32.8 Å². The van der Waals surface area contributed by atoms with Gasteiger partial charge in [-0.3, -0.25) is 0 Å². The lowest BCUT2D eigenvalue weighted by Gasteiger charge is -2.39. The minimum atomic E-state index is -0.508. The summed E-state index contributed by atoms with van der Waals surface area (Å²) in [5.74, 6) is 0.807. The fourth-order valence-electron chi connectivity index (χ4n) is 1.76. The Morgan fingerprint density at radius 2 is 2.18 bits per heavy atom. The number of hydrogen-bond acceptors (Lipinski definition) is 2. The summed E-state index contributed by atoms with van der Waals surface area (Å²) >= 11 is 0. The molecule has 2 nitrogen and oxygen atoms in total. The van der Waals surface area contributed by atoms with Crippen LogP contribution in [-0.2, 0) is 4.74 Å². The molecule has 2 atom stereocenters. The Balaban J connectivity index is 2.60. The van der Waals surface area contributed by atoms with Crippen LogP contribution in [0, 0.1) is 11.8 Å². The molecule has 0 bridgehead atoms. The molecule has 66 valence electrons. The second-order valence-corrected chi connectivity index (χ2v) is 4.03. The van der Waals surface area contributed by atoms with Crippen LogP contribution >= 0.6 is 0 Å². The van der Waals surface area contributed by atoms with Gasteiger partial charge in [0.25, 0.3) is 0 Å². The van der Waals surface area contributed by atoms with Gasteiger partial charge in [-0.25, -0.2) is 0 Å². The number of ether oxygens (including phenoxy) is 1. The lowest BCUT2D eigenvalue weighted by molar-refractivity contribution is -0.115. The maximum atomic E-state index is 9.92. The summed E-state index contributed by atoms with van der Waals surface area (Å²) in [6.45, 7) is 7.60. The summed E-state index contributed by atoms with van der Waals surface area (Å²) in [6.07, 6.45) is 0.774. The molecule has 1 aliphatic heterocycles. The van der Waals surface area contributed by atoms with Gasteiger partial charge in [0.05, 0.1) is 12.2 Å². The minimum Gasteiger partial charge on any atom is -0.390 e. The van der Waals surface area contributed by atoms with Gasteiger partial charge in [0.15, 0.2) is 0 Å². The molecule has 2 heteroatoms. The Hall–Kier alpha value is -0.0800. The topological polar surface area (TPSA) is 29.5 Å². The van der Waals surface area contributed by atoms with Crippen LogP contribution in [0.25, 0.3) is 0 Å². The predicted octanol–water partition coefficient (Wildman–Crippen LogP) is 1.43. The number of hydrogen-bond donors (Lipinski definition) is 1. The summed E-state index contributed by atoms with van der Waals surface area (Å²) < 4.78 is 5.32. The molecular weight excluding hydrogens is 140 g/mol. The van der Waals surface area contributed by atoms with E-state index in [2.05, 4.69) is 13.8 Å². The van der Waals surface area contributed by atoms with Crippen LogP contribution in [0.4, 0.5) is 0 Å². The quantitative estimate of drug-likeness (QED) is 0.625. The average molecular weight is 158 g/mol. The molecule has 0 radical (unpaired) electrons. The van der Waals surface area contributed by atoms with E-state index >= 15 is 0 Å². The highest BCUT2D eigenvalue weighted by molar-refractivity contribution is 4.86. The van der Waals surface area contributed by atoms with Crippen LogP contribution in [0.2, 0.25) is 0 Å². The van der Waals surface area contributed by atoms with E-state index in [4.69, 9.17) is 4.74 Å². The first-order valence-electron chi connectivity index (χ1n) is 4.34. The van der Waals surface area contributed by atoms with E-state index < -0.39 is 5.60 Å². The highest BCUT2D eigenvalue weighted by Gasteiger charge is 2.36. The lowest BCUT2D eigenvalue weighted by atomic mass is 9.78. The summed E-state index contributed by atoms with van der Waals surface area (Å²) in [5.41, 5.74) is -0.508. The molecule has 0 aliphatic carbocycles. The third-order valence-electron chi connectivity index (χ3n) is 2.65. The molecule has 1 N–H and O–H groups in total. The number of rotatable bonds is 1. The van der Waals surface area contributed by atoms with Crippen molar-refractivity contribution >= 4 is 0 Å². The molecule has 0 aromatic heterocycles. The summed E-state index contributed by atoms with van der Waals surface area (Å²) in [5, 5.41) is 9.92. The first-order valence-corrected chi connectivity index (χ1v) is 4.34. The standard InChI is InChI=1S/C9H18O2/c1-7(2)8-6-11-5-4-9(8,3)10/h7-8,10H,4-6H2,1-3H3/t8-,9+/m0/s1. The van der Waals surface area contributed by atoms with E-state index in [1.54, 1.807) is 0 Å².